The molecule has 1 unspecified atom stereocenters. The van der Waals surface area contributed by atoms with Crippen LogP contribution in [-0.2, 0) is 11.3 Å². The number of allylic oxidation sites excluding steroid dienone is 1. The van der Waals surface area contributed by atoms with E-state index in [0.717, 1.165) is 86.4 Å². The Bertz CT molecular complexity index is 1510. The maximum absolute atomic E-state index is 14.0. The molecule has 8 heteroatoms. The van der Waals surface area contributed by atoms with Gasteiger partial charge in [-0.05, 0) is 75.2 Å². The van der Waals surface area contributed by atoms with Crippen LogP contribution in [0.25, 0.3) is 22.0 Å². The summed E-state index contributed by atoms with van der Waals surface area (Å²) in [4.78, 5) is 23.5. The third kappa shape index (κ3) is 6.77. The molecule has 3 heterocycles. The van der Waals surface area contributed by atoms with E-state index in [1.807, 2.05) is 6.20 Å². The second-order valence-corrected chi connectivity index (χ2v) is 12.9. The Labute approximate surface area is 255 Å². The maximum atomic E-state index is 14.0. The van der Waals surface area contributed by atoms with Crippen LogP contribution < -0.4 is 5.32 Å². The van der Waals surface area contributed by atoms with Gasteiger partial charge in [0, 0.05) is 50.2 Å². The first-order valence-corrected chi connectivity index (χ1v) is 15.9. The fourth-order valence-corrected chi connectivity index (χ4v) is 6.97. The molecule has 1 saturated carbocycles. The fourth-order valence-electron chi connectivity index (χ4n) is 6.97. The third-order valence-corrected chi connectivity index (χ3v) is 9.25. The number of nitrogens with zero attached hydrogens (tertiary/aromatic N) is 5. The molecule has 1 atom stereocenters. The van der Waals surface area contributed by atoms with E-state index < -0.39 is 0 Å². The first-order chi connectivity index (χ1) is 20.9. The zero-order valence-corrected chi connectivity index (χ0v) is 26.2. The average Bonchev–Trinajstić information content (AvgIpc) is 3.67. The summed E-state index contributed by atoms with van der Waals surface area (Å²) in [5.41, 5.74) is 8.88. The molecule has 3 aromatic rings. The molecule has 3 aliphatic rings. The molecule has 228 valence electrons. The molecule has 0 spiro atoms. The van der Waals surface area contributed by atoms with Crippen molar-refractivity contribution in [2.75, 3.05) is 53.5 Å². The van der Waals surface area contributed by atoms with Gasteiger partial charge in [-0.25, -0.2) is 0 Å². The molecule has 2 aliphatic heterocycles. The lowest BCUT2D eigenvalue weighted by atomic mass is 9.94. The van der Waals surface area contributed by atoms with Gasteiger partial charge in [-0.15, -0.1) is 0 Å². The number of aliphatic imine (C=N–C) groups is 1. The molecular weight excluding hydrogens is 536 g/mol. The summed E-state index contributed by atoms with van der Waals surface area (Å²) in [6, 6.07) is 13.6. The van der Waals surface area contributed by atoms with Crippen molar-refractivity contribution in [2.45, 2.75) is 64.6 Å². The number of benzene rings is 2. The third-order valence-electron chi connectivity index (χ3n) is 9.25. The van der Waals surface area contributed by atoms with Crippen molar-refractivity contribution in [3.8, 4) is 11.1 Å². The summed E-state index contributed by atoms with van der Waals surface area (Å²) in [6.07, 6.45) is 7.50. The van der Waals surface area contributed by atoms with Gasteiger partial charge in [-0.3, -0.25) is 19.4 Å². The van der Waals surface area contributed by atoms with E-state index in [4.69, 9.17) is 14.8 Å². The minimum atomic E-state index is -0.0584. The van der Waals surface area contributed by atoms with Crippen LogP contribution in [0, 0.1) is 0 Å². The van der Waals surface area contributed by atoms with Crippen LogP contribution in [0.3, 0.4) is 0 Å². The zero-order chi connectivity index (χ0) is 29.9. The lowest BCUT2D eigenvalue weighted by molar-refractivity contribution is 0.0342. The number of carbonyl (C=O) groups excluding carboxylic acids is 1. The lowest BCUT2D eigenvalue weighted by Gasteiger charge is -2.27. The Morgan fingerprint density at radius 3 is 2.51 bits per heavy atom. The largest absolute Gasteiger partial charge is 0.379 e. The van der Waals surface area contributed by atoms with Gasteiger partial charge in [0.15, 0.2) is 0 Å². The van der Waals surface area contributed by atoms with Gasteiger partial charge in [0.05, 0.1) is 42.6 Å². The molecule has 2 aromatic carbocycles. The molecule has 8 nitrogen and oxygen atoms in total. The highest BCUT2D eigenvalue weighted by Crippen LogP contribution is 2.35. The van der Waals surface area contributed by atoms with E-state index in [1.165, 1.54) is 29.6 Å². The first-order valence-electron chi connectivity index (χ1n) is 15.9. The molecule has 1 N–H and O–H groups in total. The van der Waals surface area contributed by atoms with Gasteiger partial charge in [-0.1, -0.05) is 42.7 Å². The van der Waals surface area contributed by atoms with Gasteiger partial charge in [0.2, 0.25) is 0 Å². The van der Waals surface area contributed by atoms with Crippen LogP contribution in [0.5, 0.6) is 0 Å². The number of carbonyl (C=O) groups is 1. The van der Waals surface area contributed by atoms with E-state index in [0.29, 0.717) is 18.2 Å². The quantitative estimate of drug-likeness (QED) is 0.338. The number of hydrogen-bond acceptors (Lipinski definition) is 6. The summed E-state index contributed by atoms with van der Waals surface area (Å²) in [7, 11) is 4.15. The summed E-state index contributed by atoms with van der Waals surface area (Å²) in [6.45, 7) is 10.1. The highest BCUT2D eigenvalue weighted by atomic mass is 16.5. The predicted octanol–water partition coefficient (Wildman–Crippen LogP) is 5.49. The molecule has 0 radical (unpaired) electrons. The molecule has 1 aliphatic carbocycles. The minimum Gasteiger partial charge on any atom is -0.379 e. The monoisotopic (exact) mass is 582 g/mol. The van der Waals surface area contributed by atoms with Crippen molar-refractivity contribution in [3.63, 3.8) is 0 Å². The zero-order valence-electron chi connectivity index (χ0n) is 26.2. The number of likely N-dealkylation sites (N-methyl/N-ethyl adjacent to an activating group) is 1. The summed E-state index contributed by atoms with van der Waals surface area (Å²) in [5.74, 6) is -0.0584. The van der Waals surface area contributed by atoms with Crippen molar-refractivity contribution in [3.05, 3.63) is 64.9 Å². The Morgan fingerprint density at radius 1 is 1.05 bits per heavy atom. The Hall–Kier alpha value is -3.33. The second kappa shape index (κ2) is 13.1. The normalized spacial score (nSPS) is 20.3. The van der Waals surface area contributed by atoms with Crippen LogP contribution in [0.4, 0.5) is 0 Å². The minimum absolute atomic E-state index is 0.0584. The highest BCUT2D eigenvalue weighted by molar-refractivity contribution is 6.08. The molecule has 1 aromatic heterocycles. The number of aromatic nitrogens is 2. The van der Waals surface area contributed by atoms with Crippen LogP contribution in [-0.4, -0.2) is 90.7 Å². The SMILES string of the molecule is CC1=NC(CN(C)C)C(CNC(=O)c2cc(-c3ccc(CN4CCOCC4)cc3)cc3c2cnn3C2CCCC2)=C(C)C1. The lowest BCUT2D eigenvalue weighted by Crippen LogP contribution is -2.36. The number of amides is 1. The van der Waals surface area contributed by atoms with Crippen LogP contribution >= 0.6 is 0 Å². The molecule has 6 rings (SSSR count). The highest BCUT2D eigenvalue weighted by Gasteiger charge is 2.25. The number of hydrogen-bond donors (Lipinski definition) is 1. The summed E-state index contributed by atoms with van der Waals surface area (Å²) >= 11 is 0. The van der Waals surface area contributed by atoms with Gasteiger partial charge in [0.1, 0.15) is 0 Å². The standard InChI is InChI=1S/C35H46N6O2/c1-24-17-25(2)38-33(23-39(3)4)31(24)20-36-35(42)30-18-28(19-34-32(30)21-37-41(34)29-7-5-6-8-29)27-11-9-26(10-12-27)22-40-13-15-43-16-14-40/h9-12,18-19,21,29,33H,5-8,13-17,20,22-23H2,1-4H3,(H,36,42). The van der Waals surface area contributed by atoms with Crippen molar-refractivity contribution in [1.29, 1.82) is 0 Å². The number of ether oxygens (including phenoxy) is 1. The van der Waals surface area contributed by atoms with E-state index in [2.05, 4.69) is 84.1 Å². The van der Waals surface area contributed by atoms with Gasteiger partial charge >= 0.3 is 0 Å². The fraction of sp³-hybridized carbons (Fsp3) is 0.514. The number of fused-ring (bicyclic) bond motifs is 1. The van der Waals surface area contributed by atoms with Crippen molar-refractivity contribution >= 4 is 22.5 Å². The first kappa shape index (κ1) is 29.7. The molecule has 1 amide bonds. The van der Waals surface area contributed by atoms with E-state index in [-0.39, 0.29) is 11.9 Å². The average molecular weight is 583 g/mol. The van der Waals surface area contributed by atoms with E-state index >= 15 is 0 Å². The van der Waals surface area contributed by atoms with Crippen molar-refractivity contribution in [2.24, 2.45) is 4.99 Å². The molecular formula is C35H46N6O2. The summed E-state index contributed by atoms with van der Waals surface area (Å²) in [5, 5.41) is 9.04. The predicted molar refractivity (Wildman–Crippen MR) is 174 cm³/mol. The van der Waals surface area contributed by atoms with Gasteiger partial charge in [-0.2, -0.15) is 5.10 Å². The Balaban J connectivity index is 1.29. The molecule has 2 fully saturated rings. The van der Waals surface area contributed by atoms with E-state index in [1.54, 1.807) is 0 Å². The van der Waals surface area contributed by atoms with Crippen LogP contribution in [0.15, 0.2) is 58.7 Å². The molecule has 1 saturated heterocycles. The van der Waals surface area contributed by atoms with Crippen LogP contribution in [0.1, 0.15) is 67.9 Å². The Kier molecular flexibility index (Phi) is 9.07. The topological polar surface area (TPSA) is 75.0 Å². The summed E-state index contributed by atoms with van der Waals surface area (Å²) < 4.78 is 7.68. The number of morpholine rings is 1. The number of rotatable bonds is 9. The number of nitrogens with one attached hydrogen (secondary N) is 1. The van der Waals surface area contributed by atoms with Gasteiger partial charge < -0.3 is 15.0 Å². The molecule has 0 bridgehead atoms. The second-order valence-electron chi connectivity index (χ2n) is 12.9. The molecule has 43 heavy (non-hydrogen) atoms. The van der Waals surface area contributed by atoms with E-state index in [9.17, 15) is 4.79 Å². The van der Waals surface area contributed by atoms with Crippen LogP contribution in [0.2, 0.25) is 0 Å². The van der Waals surface area contributed by atoms with Gasteiger partial charge in [0.25, 0.3) is 5.91 Å². The maximum Gasteiger partial charge on any atom is 0.252 e. The van der Waals surface area contributed by atoms with Crippen molar-refractivity contribution in [1.82, 2.24) is 24.9 Å². The Morgan fingerprint density at radius 2 is 1.79 bits per heavy atom. The smallest absolute Gasteiger partial charge is 0.252 e. The number of dihydropyridines is 1. The van der Waals surface area contributed by atoms with Crippen molar-refractivity contribution < 1.29 is 9.53 Å².